The van der Waals surface area contributed by atoms with E-state index < -0.39 is 8.07 Å². The Bertz CT molecular complexity index is 302. The van der Waals surface area contributed by atoms with Crippen molar-refractivity contribution in [2.24, 2.45) is 0 Å². The van der Waals surface area contributed by atoms with Crippen LogP contribution in [0.1, 0.15) is 30.9 Å². The molecule has 1 aromatic rings. The van der Waals surface area contributed by atoms with Crippen molar-refractivity contribution in [3.05, 3.63) is 35.9 Å². The molecule has 1 N–H and O–H groups in total. The maximum Gasteiger partial charge on any atom is 0.0540 e. The van der Waals surface area contributed by atoms with Crippen molar-refractivity contribution in [1.82, 2.24) is 0 Å². The third-order valence-corrected chi connectivity index (χ3v) is 5.89. The van der Waals surface area contributed by atoms with E-state index in [1.165, 1.54) is 5.56 Å². The average molecular weight is 236 g/mol. The molecule has 0 radical (unpaired) electrons. The Morgan fingerprint density at radius 2 is 1.69 bits per heavy atom. The third-order valence-electron chi connectivity index (χ3n) is 3.23. The lowest BCUT2D eigenvalue weighted by Crippen LogP contribution is -2.33. The first-order valence-electron chi connectivity index (χ1n) is 6.18. The number of hydrogen-bond acceptors (Lipinski definition) is 1. The van der Waals surface area contributed by atoms with E-state index in [1.807, 2.05) is 0 Å². The quantitative estimate of drug-likeness (QED) is 0.771. The second-order valence-electron chi connectivity index (χ2n) is 5.63. The SMILES string of the molecule is CCC(O)CC(c1ccccc1)[Si](C)(C)C. The molecule has 0 saturated heterocycles. The Morgan fingerprint density at radius 3 is 2.12 bits per heavy atom. The van der Waals surface area contributed by atoms with Crippen molar-refractivity contribution in [3.8, 4) is 0 Å². The molecule has 0 aliphatic rings. The van der Waals surface area contributed by atoms with E-state index in [2.05, 4.69) is 56.9 Å². The van der Waals surface area contributed by atoms with Crippen LogP contribution in [-0.2, 0) is 0 Å². The fourth-order valence-corrected chi connectivity index (χ4v) is 4.29. The Hall–Kier alpha value is -0.603. The van der Waals surface area contributed by atoms with Gasteiger partial charge in [0.15, 0.2) is 0 Å². The molecule has 0 aromatic heterocycles. The predicted molar refractivity (Wildman–Crippen MR) is 73.4 cm³/mol. The van der Waals surface area contributed by atoms with E-state index in [1.54, 1.807) is 0 Å². The van der Waals surface area contributed by atoms with Gasteiger partial charge in [-0.2, -0.15) is 0 Å². The molecule has 0 aliphatic carbocycles. The minimum Gasteiger partial charge on any atom is -0.393 e. The topological polar surface area (TPSA) is 20.2 Å². The largest absolute Gasteiger partial charge is 0.393 e. The molecule has 2 heteroatoms. The summed E-state index contributed by atoms with van der Waals surface area (Å²) < 4.78 is 0. The van der Waals surface area contributed by atoms with Crippen LogP contribution in [0.3, 0.4) is 0 Å². The first-order valence-corrected chi connectivity index (χ1v) is 9.76. The van der Waals surface area contributed by atoms with Gasteiger partial charge >= 0.3 is 0 Å². The van der Waals surface area contributed by atoms with Crippen LogP contribution in [0.4, 0.5) is 0 Å². The predicted octanol–water partition coefficient (Wildman–Crippen LogP) is 3.81. The van der Waals surface area contributed by atoms with E-state index in [0.717, 1.165) is 12.8 Å². The number of aliphatic hydroxyl groups excluding tert-OH is 1. The Labute approximate surface area is 101 Å². The minimum absolute atomic E-state index is 0.156. The van der Waals surface area contributed by atoms with Crippen LogP contribution in [0.2, 0.25) is 19.6 Å². The molecule has 90 valence electrons. The van der Waals surface area contributed by atoms with Crippen LogP contribution in [0.25, 0.3) is 0 Å². The van der Waals surface area contributed by atoms with Gasteiger partial charge in [0.1, 0.15) is 0 Å². The van der Waals surface area contributed by atoms with E-state index in [-0.39, 0.29) is 6.10 Å². The van der Waals surface area contributed by atoms with Gasteiger partial charge < -0.3 is 5.11 Å². The molecule has 1 nitrogen and oxygen atoms in total. The molecule has 0 saturated carbocycles. The third kappa shape index (κ3) is 3.76. The van der Waals surface area contributed by atoms with E-state index in [0.29, 0.717) is 5.54 Å². The smallest absolute Gasteiger partial charge is 0.0540 e. The Morgan fingerprint density at radius 1 is 1.12 bits per heavy atom. The fraction of sp³-hybridized carbons (Fsp3) is 0.571. The Kier molecular flexibility index (Phi) is 4.75. The highest BCUT2D eigenvalue weighted by Crippen LogP contribution is 2.31. The number of rotatable bonds is 5. The normalized spacial score (nSPS) is 15.8. The van der Waals surface area contributed by atoms with Crippen molar-refractivity contribution in [2.75, 3.05) is 0 Å². The van der Waals surface area contributed by atoms with Crippen molar-refractivity contribution in [3.63, 3.8) is 0 Å². The summed E-state index contributed by atoms with van der Waals surface area (Å²) in [7, 11) is -1.27. The average Bonchev–Trinajstić information content (AvgIpc) is 2.25. The summed E-state index contributed by atoms with van der Waals surface area (Å²) in [4.78, 5) is 0. The standard InChI is InChI=1S/C14H24OSi/c1-5-13(15)11-14(16(2,3)4)12-9-7-6-8-10-12/h6-10,13-15H,5,11H2,1-4H3. The zero-order valence-electron chi connectivity index (χ0n) is 10.9. The second-order valence-corrected chi connectivity index (χ2v) is 11.1. The summed E-state index contributed by atoms with van der Waals surface area (Å²) in [5.74, 6) is 0. The van der Waals surface area contributed by atoms with Crippen LogP contribution < -0.4 is 0 Å². The first kappa shape index (κ1) is 13.5. The molecule has 0 aliphatic heterocycles. The summed E-state index contributed by atoms with van der Waals surface area (Å²) >= 11 is 0. The van der Waals surface area contributed by atoms with Gasteiger partial charge in [0.25, 0.3) is 0 Å². The molecule has 0 amide bonds. The molecule has 2 unspecified atom stereocenters. The summed E-state index contributed by atoms with van der Waals surface area (Å²) in [5.41, 5.74) is 1.96. The van der Waals surface area contributed by atoms with Gasteiger partial charge in [0, 0.05) is 0 Å². The van der Waals surface area contributed by atoms with E-state index >= 15 is 0 Å². The van der Waals surface area contributed by atoms with Gasteiger partial charge in [0.2, 0.25) is 0 Å². The van der Waals surface area contributed by atoms with Gasteiger partial charge in [-0.3, -0.25) is 0 Å². The summed E-state index contributed by atoms with van der Waals surface area (Å²) in [6, 6.07) is 10.7. The Balaban J connectivity index is 2.89. The van der Waals surface area contributed by atoms with Crippen LogP contribution in [0.5, 0.6) is 0 Å². The molecule has 1 rings (SSSR count). The minimum atomic E-state index is -1.27. The molecule has 1 aromatic carbocycles. The molecule has 0 bridgehead atoms. The molecular formula is C14H24OSi. The summed E-state index contributed by atoms with van der Waals surface area (Å²) in [6.45, 7) is 9.20. The van der Waals surface area contributed by atoms with Gasteiger partial charge in [-0.05, 0) is 23.9 Å². The monoisotopic (exact) mass is 236 g/mol. The van der Waals surface area contributed by atoms with E-state index in [9.17, 15) is 5.11 Å². The first-order chi connectivity index (χ1) is 7.45. The lowest BCUT2D eigenvalue weighted by molar-refractivity contribution is 0.158. The van der Waals surface area contributed by atoms with Gasteiger partial charge in [-0.25, -0.2) is 0 Å². The van der Waals surface area contributed by atoms with Crippen LogP contribution in [-0.4, -0.2) is 19.3 Å². The lowest BCUT2D eigenvalue weighted by atomic mass is 10.0. The molecule has 0 fully saturated rings. The zero-order chi connectivity index (χ0) is 12.2. The molecule has 2 atom stereocenters. The van der Waals surface area contributed by atoms with Crippen molar-refractivity contribution >= 4 is 8.07 Å². The van der Waals surface area contributed by atoms with Crippen LogP contribution in [0.15, 0.2) is 30.3 Å². The molecule has 0 heterocycles. The second kappa shape index (κ2) is 5.64. The van der Waals surface area contributed by atoms with Gasteiger partial charge in [-0.1, -0.05) is 56.9 Å². The highest BCUT2D eigenvalue weighted by molar-refractivity contribution is 6.77. The molecular weight excluding hydrogens is 212 g/mol. The summed E-state index contributed by atoms with van der Waals surface area (Å²) in [5, 5.41) is 9.88. The van der Waals surface area contributed by atoms with Crippen molar-refractivity contribution in [2.45, 2.75) is 51.1 Å². The maximum atomic E-state index is 9.88. The lowest BCUT2D eigenvalue weighted by Gasteiger charge is -2.31. The maximum absolute atomic E-state index is 9.88. The van der Waals surface area contributed by atoms with Crippen molar-refractivity contribution < 1.29 is 5.11 Å². The number of aliphatic hydroxyl groups is 1. The summed E-state index contributed by atoms with van der Waals surface area (Å²) in [6.07, 6.45) is 1.61. The number of benzene rings is 1. The fourth-order valence-electron chi connectivity index (χ4n) is 2.11. The van der Waals surface area contributed by atoms with Crippen LogP contribution in [0, 0.1) is 0 Å². The van der Waals surface area contributed by atoms with Crippen LogP contribution >= 0.6 is 0 Å². The van der Waals surface area contributed by atoms with Gasteiger partial charge in [0.05, 0.1) is 14.2 Å². The van der Waals surface area contributed by atoms with E-state index in [4.69, 9.17) is 0 Å². The highest BCUT2D eigenvalue weighted by atomic mass is 28.3. The number of hydrogen-bond donors (Lipinski definition) is 1. The molecule has 16 heavy (non-hydrogen) atoms. The van der Waals surface area contributed by atoms with Gasteiger partial charge in [-0.15, -0.1) is 0 Å². The van der Waals surface area contributed by atoms with Crippen molar-refractivity contribution in [1.29, 1.82) is 0 Å². The highest BCUT2D eigenvalue weighted by Gasteiger charge is 2.29. The zero-order valence-corrected chi connectivity index (χ0v) is 11.9. The molecule has 0 spiro atoms.